The third-order valence-electron chi connectivity index (χ3n) is 4.17. The van der Waals surface area contributed by atoms with Crippen LogP contribution >= 0.6 is 0 Å². The Bertz CT molecular complexity index is 992. The number of benzene rings is 2. The zero-order chi connectivity index (χ0) is 22.4. The minimum atomic E-state index is -4.54. The van der Waals surface area contributed by atoms with Crippen LogP contribution in [0.25, 0.3) is 0 Å². The molecule has 0 bridgehead atoms. The molecule has 2 N–H and O–H groups in total. The van der Waals surface area contributed by atoms with E-state index in [2.05, 4.69) is 10.0 Å². The standard InChI is InChI=1S/C20H23F3N2O4S/c1-3-29-11-5-10-24-30(27,28)17-9-8-14(2)18(13-17)19(26)25-16-7-4-6-15(12-16)20(21,22)23/h4,6-9,12-13,24H,3,5,10-11H2,1-2H3,(H,25,26). The van der Waals surface area contributed by atoms with E-state index in [-0.39, 0.29) is 22.7 Å². The molecule has 1 amide bonds. The number of ether oxygens (including phenoxy) is 1. The number of sulfonamides is 1. The molecular weight excluding hydrogens is 421 g/mol. The van der Waals surface area contributed by atoms with Gasteiger partial charge in [-0.3, -0.25) is 4.79 Å². The van der Waals surface area contributed by atoms with Gasteiger partial charge in [0.15, 0.2) is 0 Å². The third-order valence-corrected chi connectivity index (χ3v) is 5.63. The molecule has 0 aliphatic heterocycles. The minimum absolute atomic E-state index is 0.0449. The molecule has 0 aromatic heterocycles. The van der Waals surface area contributed by atoms with E-state index >= 15 is 0 Å². The van der Waals surface area contributed by atoms with Crippen LogP contribution in [0, 0.1) is 6.92 Å². The average Bonchev–Trinajstić information content (AvgIpc) is 2.67. The average molecular weight is 444 g/mol. The second kappa shape index (κ2) is 10.1. The molecule has 0 heterocycles. The molecule has 0 aliphatic rings. The van der Waals surface area contributed by atoms with Crippen LogP contribution in [0.15, 0.2) is 47.4 Å². The fraction of sp³-hybridized carbons (Fsp3) is 0.350. The van der Waals surface area contributed by atoms with Gasteiger partial charge in [0, 0.05) is 31.0 Å². The Balaban J connectivity index is 2.17. The van der Waals surface area contributed by atoms with Gasteiger partial charge < -0.3 is 10.1 Å². The highest BCUT2D eigenvalue weighted by Gasteiger charge is 2.30. The molecule has 2 aromatic rings. The first-order chi connectivity index (χ1) is 14.0. The van der Waals surface area contributed by atoms with E-state index in [0.29, 0.717) is 25.2 Å². The van der Waals surface area contributed by atoms with E-state index in [1.807, 2.05) is 6.92 Å². The fourth-order valence-electron chi connectivity index (χ4n) is 2.59. The van der Waals surface area contributed by atoms with Crippen LogP contribution in [0.5, 0.6) is 0 Å². The summed E-state index contributed by atoms with van der Waals surface area (Å²) in [5.74, 6) is -0.708. The summed E-state index contributed by atoms with van der Waals surface area (Å²) in [4.78, 5) is 12.5. The summed E-state index contributed by atoms with van der Waals surface area (Å²) in [5.41, 5.74) is -0.416. The van der Waals surface area contributed by atoms with Crippen molar-refractivity contribution in [2.24, 2.45) is 0 Å². The topological polar surface area (TPSA) is 84.5 Å². The van der Waals surface area contributed by atoms with Crippen molar-refractivity contribution >= 4 is 21.6 Å². The molecule has 0 fully saturated rings. The van der Waals surface area contributed by atoms with Gasteiger partial charge in [0.1, 0.15) is 0 Å². The van der Waals surface area contributed by atoms with Gasteiger partial charge in [0.05, 0.1) is 10.5 Å². The molecule has 2 aromatic carbocycles. The SMILES string of the molecule is CCOCCCNS(=O)(=O)c1ccc(C)c(C(=O)Nc2cccc(C(F)(F)F)c2)c1. The molecule has 2 rings (SSSR count). The molecular formula is C20H23F3N2O4S. The summed E-state index contributed by atoms with van der Waals surface area (Å²) in [5, 5.41) is 2.39. The van der Waals surface area contributed by atoms with E-state index < -0.39 is 27.7 Å². The van der Waals surface area contributed by atoms with Crippen molar-refractivity contribution in [2.75, 3.05) is 25.1 Å². The van der Waals surface area contributed by atoms with Gasteiger partial charge in [0.2, 0.25) is 10.0 Å². The first kappa shape index (κ1) is 23.8. The second-order valence-electron chi connectivity index (χ2n) is 6.46. The number of nitrogens with one attached hydrogen (secondary N) is 2. The van der Waals surface area contributed by atoms with E-state index in [1.54, 1.807) is 6.92 Å². The number of anilines is 1. The molecule has 164 valence electrons. The van der Waals surface area contributed by atoms with Crippen LogP contribution in [-0.4, -0.2) is 34.1 Å². The number of aryl methyl sites for hydroxylation is 1. The predicted molar refractivity (Wildman–Crippen MR) is 107 cm³/mol. The van der Waals surface area contributed by atoms with E-state index in [1.165, 1.54) is 30.3 Å². The Morgan fingerprint density at radius 3 is 2.53 bits per heavy atom. The Hall–Kier alpha value is -2.43. The Kier molecular flexibility index (Phi) is 7.99. The first-order valence-corrected chi connectivity index (χ1v) is 10.7. The zero-order valence-corrected chi connectivity index (χ0v) is 17.4. The summed E-state index contributed by atoms with van der Waals surface area (Å²) in [6.07, 6.45) is -4.06. The van der Waals surface area contributed by atoms with Crippen LogP contribution in [0.4, 0.5) is 18.9 Å². The largest absolute Gasteiger partial charge is 0.416 e. The van der Waals surface area contributed by atoms with Gasteiger partial charge in [-0.2, -0.15) is 13.2 Å². The molecule has 10 heteroatoms. The number of hydrogen-bond acceptors (Lipinski definition) is 4. The molecule has 0 saturated heterocycles. The maximum atomic E-state index is 12.9. The second-order valence-corrected chi connectivity index (χ2v) is 8.22. The normalized spacial score (nSPS) is 12.0. The quantitative estimate of drug-likeness (QED) is 0.573. The zero-order valence-electron chi connectivity index (χ0n) is 16.5. The maximum absolute atomic E-state index is 12.9. The van der Waals surface area contributed by atoms with Gasteiger partial charge >= 0.3 is 6.18 Å². The van der Waals surface area contributed by atoms with Crippen molar-refractivity contribution in [2.45, 2.75) is 31.3 Å². The number of amides is 1. The summed E-state index contributed by atoms with van der Waals surface area (Å²) in [6, 6.07) is 8.24. The summed E-state index contributed by atoms with van der Waals surface area (Å²) in [7, 11) is -3.85. The monoisotopic (exact) mass is 444 g/mol. The van der Waals surface area contributed by atoms with Crippen LogP contribution in [-0.2, 0) is 20.9 Å². The number of carbonyl (C=O) groups excluding carboxylic acids is 1. The molecule has 30 heavy (non-hydrogen) atoms. The van der Waals surface area contributed by atoms with Gasteiger partial charge in [-0.1, -0.05) is 12.1 Å². The van der Waals surface area contributed by atoms with Crippen molar-refractivity contribution < 1.29 is 31.1 Å². The van der Waals surface area contributed by atoms with Crippen molar-refractivity contribution in [1.82, 2.24) is 4.72 Å². The van der Waals surface area contributed by atoms with Crippen LogP contribution in [0.3, 0.4) is 0 Å². The highest BCUT2D eigenvalue weighted by molar-refractivity contribution is 7.89. The molecule has 0 aliphatic carbocycles. The molecule has 0 unspecified atom stereocenters. The molecule has 0 spiro atoms. The van der Waals surface area contributed by atoms with Gasteiger partial charge in [0.25, 0.3) is 5.91 Å². The maximum Gasteiger partial charge on any atom is 0.416 e. The number of alkyl halides is 3. The predicted octanol–water partition coefficient (Wildman–Crippen LogP) is 3.97. The molecule has 6 nitrogen and oxygen atoms in total. The highest BCUT2D eigenvalue weighted by atomic mass is 32.2. The smallest absolute Gasteiger partial charge is 0.382 e. The van der Waals surface area contributed by atoms with Crippen LogP contribution < -0.4 is 10.0 Å². The Morgan fingerprint density at radius 1 is 1.13 bits per heavy atom. The van der Waals surface area contributed by atoms with Crippen molar-refractivity contribution in [3.05, 3.63) is 59.2 Å². The number of halogens is 3. The third kappa shape index (κ3) is 6.54. The van der Waals surface area contributed by atoms with Gasteiger partial charge in [-0.05, 0) is 56.2 Å². The number of rotatable bonds is 9. The van der Waals surface area contributed by atoms with E-state index in [0.717, 1.165) is 12.1 Å². The summed E-state index contributed by atoms with van der Waals surface area (Å²) in [6.45, 7) is 4.56. The Morgan fingerprint density at radius 2 is 1.87 bits per heavy atom. The van der Waals surface area contributed by atoms with Gasteiger partial charge in [-0.15, -0.1) is 0 Å². The highest BCUT2D eigenvalue weighted by Crippen LogP contribution is 2.30. The minimum Gasteiger partial charge on any atom is -0.382 e. The summed E-state index contributed by atoms with van der Waals surface area (Å²) >= 11 is 0. The van der Waals surface area contributed by atoms with E-state index in [9.17, 15) is 26.4 Å². The lowest BCUT2D eigenvalue weighted by Crippen LogP contribution is -2.26. The summed E-state index contributed by atoms with van der Waals surface area (Å²) < 4.78 is 71.0. The lowest BCUT2D eigenvalue weighted by molar-refractivity contribution is -0.137. The van der Waals surface area contributed by atoms with E-state index in [4.69, 9.17) is 4.74 Å². The van der Waals surface area contributed by atoms with Gasteiger partial charge in [-0.25, -0.2) is 13.1 Å². The van der Waals surface area contributed by atoms with Crippen molar-refractivity contribution in [3.8, 4) is 0 Å². The number of hydrogen-bond donors (Lipinski definition) is 2. The lowest BCUT2D eigenvalue weighted by atomic mass is 10.1. The molecule has 0 saturated carbocycles. The molecule has 0 atom stereocenters. The fourth-order valence-corrected chi connectivity index (χ4v) is 3.69. The first-order valence-electron chi connectivity index (χ1n) is 9.21. The number of carbonyl (C=O) groups is 1. The van der Waals surface area contributed by atoms with Crippen LogP contribution in [0.2, 0.25) is 0 Å². The van der Waals surface area contributed by atoms with Crippen molar-refractivity contribution in [1.29, 1.82) is 0 Å². The Labute approximate surface area is 173 Å². The lowest BCUT2D eigenvalue weighted by Gasteiger charge is -2.12. The molecule has 0 radical (unpaired) electrons. The van der Waals surface area contributed by atoms with Crippen LogP contribution in [0.1, 0.15) is 34.8 Å². The van der Waals surface area contributed by atoms with Crippen molar-refractivity contribution in [3.63, 3.8) is 0 Å².